The van der Waals surface area contributed by atoms with Gasteiger partial charge in [-0.3, -0.25) is 0 Å². The van der Waals surface area contributed by atoms with E-state index in [1.54, 1.807) is 0 Å². The smallest absolute Gasteiger partial charge is 0.0628 e. The predicted molar refractivity (Wildman–Crippen MR) is 72.7 cm³/mol. The second kappa shape index (κ2) is 5.66. The molecule has 2 rings (SSSR count). The first-order chi connectivity index (χ1) is 7.92. The molecular formula is C15H16Si. The lowest BCUT2D eigenvalue weighted by Crippen LogP contribution is -2.41. The fourth-order valence-electron chi connectivity index (χ4n) is 1.91. The summed E-state index contributed by atoms with van der Waals surface area (Å²) in [5.74, 6) is 0. The molecule has 0 unspecified atom stereocenters. The van der Waals surface area contributed by atoms with Crippen LogP contribution < -0.4 is 10.4 Å². The van der Waals surface area contributed by atoms with Crippen molar-refractivity contribution in [3.8, 4) is 0 Å². The van der Waals surface area contributed by atoms with Gasteiger partial charge in [-0.1, -0.05) is 90.4 Å². The SMILES string of the molecule is [CH2]CC[Si](c1ccccc1)c1ccccc1. The summed E-state index contributed by atoms with van der Waals surface area (Å²) in [4.78, 5) is 0. The number of hydrogen-bond acceptors (Lipinski definition) is 0. The van der Waals surface area contributed by atoms with Gasteiger partial charge in [0.2, 0.25) is 0 Å². The maximum atomic E-state index is 4.00. The average molecular weight is 224 g/mol. The molecule has 2 radical (unpaired) electrons. The Kier molecular flexibility index (Phi) is 3.95. The van der Waals surface area contributed by atoms with Crippen molar-refractivity contribution in [1.29, 1.82) is 0 Å². The molecule has 0 fully saturated rings. The molecule has 0 aliphatic rings. The van der Waals surface area contributed by atoms with Gasteiger partial charge in [-0.25, -0.2) is 0 Å². The molecule has 0 N–H and O–H groups in total. The van der Waals surface area contributed by atoms with E-state index in [4.69, 9.17) is 0 Å². The molecular weight excluding hydrogens is 208 g/mol. The quantitative estimate of drug-likeness (QED) is 0.700. The van der Waals surface area contributed by atoms with Gasteiger partial charge < -0.3 is 0 Å². The third-order valence-electron chi connectivity index (χ3n) is 2.67. The van der Waals surface area contributed by atoms with Crippen molar-refractivity contribution >= 4 is 19.2 Å². The van der Waals surface area contributed by atoms with Gasteiger partial charge in [-0.2, -0.15) is 0 Å². The molecule has 0 aromatic heterocycles. The Morgan fingerprint density at radius 1 is 0.750 bits per heavy atom. The first-order valence-electron chi connectivity index (χ1n) is 5.67. The van der Waals surface area contributed by atoms with Crippen LogP contribution in [0.3, 0.4) is 0 Å². The van der Waals surface area contributed by atoms with E-state index in [0.29, 0.717) is 0 Å². The Balaban J connectivity index is 2.31. The molecule has 80 valence electrons. The standard InChI is InChI=1S/C15H16Si/c1-2-13-16(14-9-5-3-6-10-14)15-11-7-4-8-12-15/h3-12H,1-2,13H2. The topological polar surface area (TPSA) is 0 Å². The van der Waals surface area contributed by atoms with Crippen molar-refractivity contribution in [2.75, 3.05) is 0 Å². The lowest BCUT2D eigenvalue weighted by Gasteiger charge is -2.14. The van der Waals surface area contributed by atoms with E-state index in [1.165, 1.54) is 16.4 Å². The molecule has 0 heterocycles. The van der Waals surface area contributed by atoms with Gasteiger partial charge in [0.1, 0.15) is 8.80 Å². The Morgan fingerprint density at radius 3 is 1.56 bits per heavy atom. The number of benzene rings is 2. The first kappa shape index (κ1) is 11.2. The summed E-state index contributed by atoms with van der Waals surface area (Å²) in [6.07, 6.45) is 1.01. The normalized spacial score (nSPS) is 10.6. The molecule has 0 aliphatic carbocycles. The van der Waals surface area contributed by atoms with Crippen LogP contribution in [0, 0.1) is 6.92 Å². The molecule has 0 amide bonds. The van der Waals surface area contributed by atoms with Crippen molar-refractivity contribution in [2.24, 2.45) is 0 Å². The highest BCUT2D eigenvalue weighted by atomic mass is 28.3. The summed E-state index contributed by atoms with van der Waals surface area (Å²) in [6, 6.07) is 22.9. The van der Waals surface area contributed by atoms with Crippen LogP contribution in [0.4, 0.5) is 0 Å². The lowest BCUT2D eigenvalue weighted by atomic mass is 10.4. The van der Waals surface area contributed by atoms with Crippen LogP contribution in [0.5, 0.6) is 0 Å². The second-order valence-corrected chi connectivity index (χ2v) is 6.43. The number of hydrogen-bond donors (Lipinski definition) is 0. The van der Waals surface area contributed by atoms with Crippen LogP contribution >= 0.6 is 0 Å². The first-order valence-corrected chi connectivity index (χ1v) is 7.38. The van der Waals surface area contributed by atoms with Crippen LogP contribution in [0.2, 0.25) is 6.04 Å². The molecule has 2 aromatic rings. The summed E-state index contributed by atoms with van der Waals surface area (Å²) < 4.78 is 0. The molecule has 0 aliphatic heterocycles. The van der Waals surface area contributed by atoms with Crippen LogP contribution in [0.25, 0.3) is 0 Å². The van der Waals surface area contributed by atoms with Crippen molar-refractivity contribution in [2.45, 2.75) is 12.5 Å². The molecule has 16 heavy (non-hydrogen) atoms. The predicted octanol–water partition coefficient (Wildman–Crippen LogP) is 2.52. The summed E-state index contributed by atoms with van der Waals surface area (Å²) in [5.41, 5.74) is 0. The maximum absolute atomic E-state index is 4.00. The monoisotopic (exact) mass is 224 g/mol. The van der Waals surface area contributed by atoms with Crippen molar-refractivity contribution < 1.29 is 0 Å². The van der Waals surface area contributed by atoms with E-state index >= 15 is 0 Å². The summed E-state index contributed by atoms with van der Waals surface area (Å²) in [7, 11) is -0.613. The van der Waals surface area contributed by atoms with Crippen LogP contribution in [-0.2, 0) is 0 Å². The number of rotatable bonds is 4. The summed E-state index contributed by atoms with van der Waals surface area (Å²) >= 11 is 0. The highest BCUT2D eigenvalue weighted by Crippen LogP contribution is 2.00. The molecule has 2 aromatic carbocycles. The van der Waals surface area contributed by atoms with E-state index < -0.39 is 8.80 Å². The fraction of sp³-hybridized carbons (Fsp3) is 0.133. The maximum Gasteiger partial charge on any atom is 0.121 e. The summed E-state index contributed by atoms with van der Waals surface area (Å²) in [6.45, 7) is 4.00. The Labute approximate surface area is 99.6 Å². The zero-order valence-corrected chi connectivity index (χ0v) is 10.4. The fourth-order valence-corrected chi connectivity index (χ4v) is 4.36. The van der Waals surface area contributed by atoms with Gasteiger partial charge in [0, 0.05) is 0 Å². The minimum absolute atomic E-state index is 0.613. The molecule has 0 nitrogen and oxygen atoms in total. The van der Waals surface area contributed by atoms with E-state index in [0.717, 1.165) is 6.42 Å². The largest absolute Gasteiger partial charge is 0.121 e. The van der Waals surface area contributed by atoms with Crippen LogP contribution in [0.15, 0.2) is 60.7 Å². The van der Waals surface area contributed by atoms with Gasteiger partial charge in [0.25, 0.3) is 0 Å². The lowest BCUT2D eigenvalue weighted by molar-refractivity contribution is 1.20. The minimum atomic E-state index is -0.613. The van der Waals surface area contributed by atoms with Gasteiger partial charge in [-0.05, 0) is 0 Å². The van der Waals surface area contributed by atoms with Gasteiger partial charge >= 0.3 is 0 Å². The zero-order valence-electron chi connectivity index (χ0n) is 9.39. The highest BCUT2D eigenvalue weighted by molar-refractivity contribution is 6.85. The third-order valence-corrected chi connectivity index (χ3v) is 5.59. The Hall–Kier alpha value is -1.34. The van der Waals surface area contributed by atoms with Crippen molar-refractivity contribution in [3.05, 3.63) is 67.6 Å². The van der Waals surface area contributed by atoms with Gasteiger partial charge in [0.05, 0.1) is 0 Å². The molecule has 1 heteroatoms. The van der Waals surface area contributed by atoms with E-state index in [1.807, 2.05) is 0 Å². The van der Waals surface area contributed by atoms with E-state index in [9.17, 15) is 0 Å². The van der Waals surface area contributed by atoms with Crippen molar-refractivity contribution in [3.63, 3.8) is 0 Å². The van der Waals surface area contributed by atoms with E-state index in [-0.39, 0.29) is 0 Å². The molecule has 0 saturated carbocycles. The third kappa shape index (κ3) is 2.61. The second-order valence-electron chi connectivity index (χ2n) is 3.81. The average Bonchev–Trinajstić information content (AvgIpc) is 2.38. The molecule has 0 saturated heterocycles. The molecule has 0 bridgehead atoms. The molecule has 0 spiro atoms. The zero-order chi connectivity index (χ0) is 11.2. The Morgan fingerprint density at radius 2 is 1.19 bits per heavy atom. The van der Waals surface area contributed by atoms with Crippen LogP contribution in [0.1, 0.15) is 6.42 Å². The Bertz CT molecular complexity index is 368. The van der Waals surface area contributed by atoms with E-state index in [2.05, 4.69) is 67.6 Å². The summed E-state index contributed by atoms with van der Waals surface area (Å²) in [5, 5.41) is 2.98. The highest BCUT2D eigenvalue weighted by Gasteiger charge is 2.14. The minimum Gasteiger partial charge on any atom is -0.0628 e. The van der Waals surface area contributed by atoms with Gasteiger partial charge in [-0.15, -0.1) is 0 Å². The molecule has 0 atom stereocenters. The van der Waals surface area contributed by atoms with Gasteiger partial charge in [0.15, 0.2) is 0 Å². The van der Waals surface area contributed by atoms with Crippen molar-refractivity contribution in [1.82, 2.24) is 0 Å². The van der Waals surface area contributed by atoms with Crippen LogP contribution in [-0.4, -0.2) is 8.80 Å².